The molecule has 3 aromatic carbocycles. The van der Waals surface area contributed by atoms with Crippen LogP contribution in [0.2, 0.25) is 0 Å². The molecule has 3 N–H and O–H groups in total. The van der Waals surface area contributed by atoms with Gasteiger partial charge in [0.1, 0.15) is 23.6 Å². The fourth-order valence-electron chi connectivity index (χ4n) is 4.11. The van der Waals surface area contributed by atoms with Crippen molar-refractivity contribution in [2.75, 3.05) is 25.1 Å². The molecule has 1 fully saturated rings. The summed E-state index contributed by atoms with van der Waals surface area (Å²) in [6.45, 7) is 1.76. The van der Waals surface area contributed by atoms with Crippen LogP contribution in [-0.4, -0.2) is 50.1 Å². The number of nitrogens with one attached hydrogen (secondary N) is 2. The first kappa shape index (κ1) is 28.5. The van der Waals surface area contributed by atoms with Gasteiger partial charge in [-0.25, -0.2) is 17.9 Å². The number of rotatable bonds is 11. The Morgan fingerprint density at radius 2 is 1.75 bits per heavy atom. The maximum atomic E-state index is 12.9. The first-order valence-electron chi connectivity index (χ1n) is 12.4. The summed E-state index contributed by atoms with van der Waals surface area (Å²) in [5.41, 5.74) is 0.412. The fourth-order valence-corrected chi connectivity index (χ4v) is 5.10. The van der Waals surface area contributed by atoms with Crippen LogP contribution in [0.4, 0.5) is 11.4 Å². The number of carbonyl (C=O) groups is 2. The fraction of sp³-hybridized carbons (Fsp3) is 0.259. The van der Waals surface area contributed by atoms with E-state index in [-0.39, 0.29) is 35.1 Å². The molecule has 0 atom stereocenters. The quantitative estimate of drug-likeness (QED) is 0.227. The smallest absolute Gasteiger partial charge is 0.339 e. The number of para-hydroxylation sites is 1. The molecule has 1 saturated heterocycles. The van der Waals surface area contributed by atoms with Gasteiger partial charge in [-0.2, -0.15) is 0 Å². The van der Waals surface area contributed by atoms with Gasteiger partial charge in [-0.05, 0) is 60.7 Å². The minimum absolute atomic E-state index is 0.00655. The topological polar surface area (TPSA) is 174 Å². The number of carbonyl (C=O) groups excluding carboxylic acids is 1. The molecule has 0 unspecified atom stereocenters. The van der Waals surface area contributed by atoms with E-state index in [9.17, 15) is 33.2 Å². The maximum Gasteiger partial charge on any atom is 0.339 e. The summed E-state index contributed by atoms with van der Waals surface area (Å²) in [5.74, 6) is -1.58. The van der Waals surface area contributed by atoms with Crippen LogP contribution in [0.15, 0.2) is 71.6 Å². The molecule has 210 valence electrons. The number of carboxylic acids is 1. The Morgan fingerprint density at radius 1 is 1.05 bits per heavy atom. The third kappa shape index (κ3) is 7.12. The van der Waals surface area contributed by atoms with Crippen LogP contribution >= 0.6 is 0 Å². The van der Waals surface area contributed by atoms with Crippen molar-refractivity contribution < 1.29 is 37.5 Å². The largest absolute Gasteiger partial charge is 0.488 e. The number of amides is 1. The summed E-state index contributed by atoms with van der Waals surface area (Å²) in [5, 5.41) is 23.9. The predicted octanol–water partition coefficient (Wildman–Crippen LogP) is 3.83. The van der Waals surface area contributed by atoms with Crippen molar-refractivity contribution in [1.29, 1.82) is 0 Å². The second-order valence-electron chi connectivity index (χ2n) is 9.09. The van der Waals surface area contributed by atoms with Gasteiger partial charge in [-0.1, -0.05) is 24.3 Å². The number of sulfonamides is 1. The van der Waals surface area contributed by atoms with Crippen molar-refractivity contribution in [2.45, 2.75) is 24.3 Å². The lowest BCUT2D eigenvalue weighted by molar-refractivity contribution is -0.384. The summed E-state index contributed by atoms with van der Waals surface area (Å²) in [6.07, 6.45) is 1.65. The number of carboxylic acid groups (broad SMARTS) is 1. The van der Waals surface area contributed by atoms with E-state index >= 15 is 0 Å². The van der Waals surface area contributed by atoms with E-state index in [2.05, 4.69) is 5.32 Å². The standard InChI is InChI=1S/C27H27N3O9S/c31-26(20-7-5-19(6-8-20)17-39-25-4-2-1-3-22(25)27(32)33)29-40(36,37)21-9-10-23(24(15-21)30(34)35)28-16-18-11-13-38-14-12-18/h1-10,15,18,28H,11-14,16-17H2,(H,29,31)(H,32,33). The van der Waals surface area contributed by atoms with E-state index in [0.717, 1.165) is 18.9 Å². The average Bonchev–Trinajstić information content (AvgIpc) is 2.95. The first-order valence-corrected chi connectivity index (χ1v) is 13.8. The zero-order valence-corrected chi connectivity index (χ0v) is 22.1. The molecular formula is C27H27N3O9S. The molecule has 13 heteroatoms. The number of ether oxygens (including phenoxy) is 2. The van der Waals surface area contributed by atoms with E-state index < -0.39 is 37.4 Å². The van der Waals surface area contributed by atoms with Crippen LogP contribution in [0, 0.1) is 16.0 Å². The lowest BCUT2D eigenvalue weighted by atomic mass is 10.0. The summed E-state index contributed by atoms with van der Waals surface area (Å²) in [4.78, 5) is 34.5. The molecule has 0 radical (unpaired) electrons. The molecule has 1 aliphatic rings. The molecule has 0 spiro atoms. The number of aromatic carboxylic acids is 1. The molecule has 1 amide bonds. The average molecular weight is 570 g/mol. The molecule has 3 aromatic rings. The first-order chi connectivity index (χ1) is 19.1. The number of benzene rings is 3. The van der Waals surface area contributed by atoms with Crippen LogP contribution in [0.1, 0.15) is 39.1 Å². The number of hydrogen-bond donors (Lipinski definition) is 3. The van der Waals surface area contributed by atoms with Gasteiger partial charge >= 0.3 is 5.97 Å². The van der Waals surface area contributed by atoms with Crippen LogP contribution in [0.25, 0.3) is 0 Å². The van der Waals surface area contributed by atoms with Gasteiger partial charge in [-0.15, -0.1) is 0 Å². The van der Waals surface area contributed by atoms with Crippen LogP contribution in [-0.2, 0) is 21.4 Å². The molecule has 0 saturated carbocycles. The third-order valence-corrected chi connectivity index (χ3v) is 7.68. The lowest BCUT2D eigenvalue weighted by Crippen LogP contribution is -2.30. The van der Waals surface area contributed by atoms with E-state index in [1.54, 1.807) is 12.1 Å². The van der Waals surface area contributed by atoms with Gasteiger partial charge in [0, 0.05) is 31.4 Å². The number of anilines is 1. The second-order valence-corrected chi connectivity index (χ2v) is 10.8. The molecule has 0 bridgehead atoms. The number of hydrogen-bond acceptors (Lipinski definition) is 9. The van der Waals surface area contributed by atoms with Gasteiger partial charge in [0.2, 0.25) is 0 Å². The SMILES string of the molecule is O=C(NS(=O)(=O)c1ccc(NCC2CCOCC2)c([N+](=O)[O-])c1)c1ccc(COc2ccccc2C(=O)O)cc1. The van der Waals surface area contributed by atoms with Crippen molar-refractivity contribution in [3.63, 3.8) is 0 Å². The molecule has 0 aromatic heterocycles. The zero-order valence-electron chi connectivity index (χ0n) is 21.2. The van der Waals surface area contributed by atoms with E-state index in [1.165, 1.54) is 48.5 Å². The molecule has 0 aliphatic carbocycles. The molecule has 12 nitrogen and oxygen atoms in total. The van der Waals surface area contributed by atoms with Gasteiger partial charge in [-0.3, -0.25) is 14.9 Å². The highest BCUT2D eigenvalue weighted by Gasteiger charge is 2.24. The summed E-state index contributed by atoms with van der Waals surface area (Å²) in [6, 6.07) is 15.4. The van der Waals surface area contributed by atoms with Crippen LogP contribution in [0.5, 0.6) is 5.75 Å². The molecular weight excluding hydrogens is 542 g/mol. The molecule has 1 aliphatic heterocycles. The number of nitro groups is 1. The Hall–Kier alpha value is -4.49. The Bertz CT molecular complexity index is 1500. The van der Waals surface area contributed by atoms with Gasteiger partial charge in [0.15, 0.2) is 0 Å². The van der Waals surface area contributed by atoms with E-state index in [1.807, 2.05) is 4.72 Å². The summed E-state index contributed by atoms with van der Waals surface area (Å²) in [7, 11) is -4.41. The summed E-state index contributed by atoms with van der Waals surface area (Å²) >= 11 is 0. The van der Waals surface area contributed by atoms with Gasteiger partial charge < -0.3 is 19.9 Å². The Labute approximate surface area is 230 Å². The van der Waals surface area contributed by atoms with Crippen molar-refractivity contribution in [2.24, 2.45) is 5.92 Å². The molecule has 40 heavy (non-hydrogen) atoms. The normalized spacial score (nSPS) is 13.8. The van der Waals surface area contributed by atoms with Gasteiger partial charge in [0.25, 0.3) is 21.6 Å². The van der Waals surface area contributed by atoms with Crippen molar-refractivity contribution in [1.82, 2.24) is 4.72 Å². The second kappa shape index (κ2) is 12.6. The van der Waals surface area contributed by atoms with E-state index in [4.69, 9.17) is 9.47 Å². The highest BCUT2D eigenvalue weighted by Crippen LogP contribution is 2.29. The highest BCUT2D eigenvalue weighted by atomic mass is 32.2. The minimum Gasteiger partial charge on any atom is -0.488 e. The lowest BCUT2D eigenvalue weighted by Gasteiger charge is -2.22. The van der Waals surface area contributed by atoms with Crippen LogP contribution in [0.3, 0.4) is 0 Å². The van der Waals surface area contributed by atoms with Crippen LogP contribution < -0.4 is 14.8 Å². The zero-order chi connectivity index (χ0) is 28.7. The van der Waals surface area contributed by atoms with Crippen molar-refractivity contribution in [3.05, 3.63) is 93.5 Å². The minimum atomic E-state index is -4.41. The van der Waals surface area contributed by atoms with Crippen molar-refractivity contribution in [3.8, 4) is 5.75 Å². The Morgan fingerprint density at radius 3 is 2.42 bits per heavy atom. The molecule has 1 heterocycles. The summed E-state index contributed by atoms with van der Waals surface area (Å²) < 4.78 is 38.5. The predicted molar refractivity (Wildman–Crippen MR) is 144 cm³/mol. The monoisotopic (exact) mass is 569 g/mol. The highest BCUT2D eigenvalue weighted by molar-refractivity contribution is 7.90. The van der Waals surface area contributed by atoms with Crippen molar-refractivity contribution >= 4 is 33.3 Å². The number of nitrogens with zero attached hydrogens (tertiary/aromatic N) is 1. The maximum absolute atomic E-state index is 12.9. The third-order valence-electron chi connectivity index (χ3n) is 6.35. The Balaban J connectivity index is 1.40. The molecule has 4 rings (SSSR count). The Kier molecular flexibility index (Phi) is 8.97. The van der Waals surface area contributed by atoms with Gasteiger partial charge in [0.05, 0.1) is 9.82 Å². The van der Waals surface area contributed by atoms with E-state index in [0.29, 0.717) is 25.3 Å². The number of nitro benzene ring substituents is 1.